The Hall–Kier alpha value is -0.393. The first-order chi connectivity index (χ1) is 12.7. The number of rotatable bonds is 5. The molecule has 0 aromatic heterocycles. The fraction of sp³-hybridized carbons (Fsp3) is 0.250. The summed E-state index contributed by atoms with van der Waals surface area (Å²) in [5.41, 5.74) is 0. The van der Waals surface area contributed by atoms with Gasteiger partial charge in [0.15, 0.2) is 0 Å². The van der Waals surface area contributed by atoms with Crippen molar-refractivity contribution in [3.05, 3.63) is 78.9 Å². The first-order valence-electron chi connectivity index (χ1n) is 9.67. The van der Waals surface area contributed by atoms with Gasteiger partial charge < -0.3 is 0 Å². The molecule has 0 amide bonds. The fourth-order valence-corrected chi connectivity index (χ4v) is 11.9. The summed E-state index contributed by atoms with van der Waals surface area (Å²) in [6.45, 7) is 0. The molecule has 0 aliphatic carbocycles. The molecule has 0 atom stereocenters. The zero-order valence-corrected chi connectivity index (χ0v) is 23.9. The Kier molecular flexibility index (Phi) is 6.74. The molecule has 0 radical (unpaired) electrons. The number of hydrogen-bond acceptors (Lipinski definition) is 0. The van der Waals surface area contributed by atoms with Gasteiger partial charge in [-0.25, -0.2) is 0 Å². The Morgan fingerprint density at radius 3 is 1.11 bits per heavy atom. The van der Waals surface area contributed by atoms with Crippen LogP contribution in [0.4, 0.5) is 0 Å². The van der Waals surface area contributed by atoms with Crippen LogP contribution in [0.25, 0.3) is 0 Å². The molecule has 0 bridgehead atoms. The Balaban J connectivity index is 2.05. The van der Waals surface area contributed by atoms with E-state index in [2.05, 4.69) is 109 Å². The molecule has 0 nitrogen and oxygen atoms in total. The van der Waals surface area contributed by atoms with E-state index in [0.717, 1.165) is 0 Å². The second-order valence-electron chi connectivity index (χ2n) is 9.17. The van der Waals surface area contributed by atoms with Gasteiger partial charge in [-0.1, -0.05) is 0 Å². The summed E-state index contributed by atoms with van der Waals surface area (Å²) in [4.78, 5) is 19.2. The predicted octanol–water partition coefficient (Wildman–Crippen LogP) is 5.87. The van der Waals surface area contributed by atoms with Gasteiger partial charge in [0.2, 0.25) is 0 Å². The van der Waals surface area contributed by atoms with Gasteiger partial charge in [-0.2, -0.15) is 0 Å². The van der Waals surface area contributed by atoms with Crippen molar-refractivity contribution in [1.82, 2.24) is 0 Å². The maximum atomic E-state index is 2.48. The van der Waals surface area contributed by atoms with Gasteiger partial charge in [0.05, 0.1) is 0 Å². The van der Waals surface area contributed by atoms with E-state index in [1.54, 1.807) is 7.16 Å². The second-order valence-corrected chi connectivity index (χ2v) is 40.2. The molecular formula is C24H31SSn2+. The summed E-state index contributed by atoms with van der Waals surface area (Å²) in [6, 6.07) is 30.1. The van der Waals surface area contributed by atoms with E-state index in [4.69, 9.17) is 0 Å². The third kappa shape index (κ3) is 5.36. The summed E-state index contributed by atoms with van der Waals surface area (Å²) in [6.07, 6.45) is 0. The standard InChI is InChI=1S/C18H13S.6CH3.2Sn/c1-4-10-16(11-5-1)19(17-12-6-2-7-13-17)18-14-8-3-9-15-18;;;;;;;;/h1,4-15H;6*1H3;;/q+1;;;;;;;;. The van der Waals surface area contributed by atoms with Crippen molar-refractivity contribution in [2.75, 3.05) is 0 Å². The Bertz CT molecular complexity index is 813. The van der Waals surface area contributed by atoms with E-state index < -0.39 is 36.8 Å². The number of hydrogen-bond donors (Lipinski definition) is 0. The average Bonchev–Trinajstić information content (AvgIpc) is 2.62. The number of benzene rings is 3. The summed E-state index contributed by atoms with van der Waals surface area (Å²) >= 11 is -4.02. The van der Waals surface area contributed by atoms with Gasteiger partial charge in [0.1, 0.15) is 0 Å². The third-order valence-corrected chi connectivity index (χ3v) is 18.9. The van der Waals surface area contributed by atoms with Crippen LogP contribution in [0.2, 0.25) is 29.6 Å². The van der Waals surface area contributed by atoms with Crippen LogP contribution in [0.3, 0.4) is 0 Å². The first kappa shape index (κ1) is 21.3. The van der Waals surface area contributed by atoms with Crippen LogP contribution < -0.4 is 7.16 Å². The molecule has 0 aliphatic rings. The van der Waals surface area contributed by atoms with Gasteiger partial charge in [0.25, 0.3) is 0 Å². The molecule has 0 aliphatic heterocycles. The fourth-order valence-electron chi connectivity index (χ4n) is 3.15. The summed E-state index contributed by atoms with van der Waals surface area (Å²) < 4.78 is 3.20. The molecule has 0 spiro atoms. The molecule has 140 valence electrons. The van der Waals surface area contributed by atoms with Crippen molar-refractivity contribution in [1.29, 1.82) is 0 Å². The van der Waals surface area contributed by atoms with E-state index in [1.165, 1.54) is 14.7 Å². The Labute approximate surface area is 176 Å². The van der Waals surface area contributed by atoms with Crippen molar-refractivity contribution in [2.45, 2.75) is 44.3 Å². The molecule has 3 aromatic carbocycles. The summed E-state index contributed by atoms with van der Waals surface area (Å²) in [5, 5.41) is 0. The maximum absolute atomic E-state index is 2.48. The minimum atomic E-state index is -2.01. The predicted molar refractivity (Wildman–Crippen MR) is 127 cm³/mol. The van der Waals surface area contributed by atoms with Crippen LogP contribution in [0.1, 0.15) is 0 Å². The van der Waals surface area contributed by atoms with E-state index in [1.807, 2.05) is 0 Å². The van der Waals surface area contributed by atoms with Crippen molar-refractivity contribution >= 4 is 54.8 Å². The zero-order valence-electron chi connectivity index (χ0n) is 17.4. The van der Waals surface area contributed by atoms with Crippen LogP contribution in [-0.4, -0.2) is 36.8 Å². The van der Waals surface area contributed by atoms with Crippen molar-refractivity contribution in [2.24, 2.45) is 0 Å². The quantitative estimate of drug-likeness (QED) is 0.258. The van der Waals surface area contributed by atoms with Crippen LogP contribution in [0.15, 0.2) is 93.5 Å². The van der Waals surface area contributed by atoms with Crippen LogP contribution in [-0.2, 0) is 10.9 Å². The third-order valence-electron chi connectivity index (χ3n) is 4.89. The first-order valence-corrected chi connectivity index (χ1v) is 30.9. The van der Waals surface area contributed by atoms with Gasteiger partial charge in [0, 0.05) is 0 Å². The normalized spacial score (nSPS) is 12.4. The van der Waals surface area contributed by atoms with Crippen molar-refractivity contribution in [3.63, 3.8) is 0 Å². The topological polar surface area (TPSA) is 0 Å². The minimum absolute atomic E-state index is 0.0381. The molecule has 3 aromatic rings. The van der Waals surface area contributed by atoms with Gasteiger partial charge >= 0.3 is 178 Å². The SMILES string of the molecule is [CH3][Sn]([CH3])([CH3])[c]1ccc([S+](c2ccccc2)c2cc[c]([Sn]([CH3])([CH3])[CH3])cc2)cc1. The summed E-state index contributed by atoms with van der Waals surface area (Å²) in [7, 11) is -0.0381. The van der Waals surface area contributed by atoms with Gasteiger partial charge in [-0.3, -0.25) is 0 Å². The monoisotopic (exact) mass is 591 g/mol. The van der Waals surface area contributed by atoms with Crippen LogP contribution >= 0.6 is 0 Å². The second kappa shape index (κ2) is 8.54. The van der Waals surface area contributed by atoms with Crippen molar-refractivity contribution < 1.29 is 0 Å². The molecule has 3 rings (SSSR count). The zero-order chi connectivity index (χ0) is 19.7. The van der Waals surface area contributed by atoms with Gasteiger partial charge in [-0.05, 0) is 0 Å². The molecule has 0 fully saturated rings. The molecule has 0 saturated carbocycles. The summed E-state index contributed by atoms with van der Waals surface area (Å²) in [5.74, 6) is 0. The van der Waals surface area contributed by atoms with E-state index in [-0.39, 0.29) is 10.9 Å². The molecular weight excluding hydrogens is 558 g/mol. The molecule has 0 heterocycles. The van der Waals surface area contributed by atoms with E-state index >= 15 is 0 Å². The van der Waals surface area contributed by atoms with E-state index in [9.17, 15) is 0 Å². The molecule has 0 unspecified atom stereocenters. The van der Waals surface area contributed by atoms with Crippen molar-refractivity contribution in [3.8, 4) is 0 Å². The van der Waals surface area contributed by atoms with Crippen LogP contribution in [0, 0.1) is 0 Å². The van der Waals surface area contributed by atoms with Crippen LogP contribution in [0.5, 0.6) is 0 Å². The molecule has 27 heavy (non-hydrogen) atoms. The Morgan fingerprint density at radius 2 is 0.778 bits per heavy atom. The molecule has 0 saturated heterocycles. The molecule has 3 heteroatoms. The molecule has 0 N–H and O–H groups in total. The van der Waals surface area contributed by atoms with Gasteiger partial charge in [-0.15, -0.1) is 0 Å². The average molecular weight is 589 g/mol. The Morgan fingerprint density at radius 1 is 0.444 bits per heavy atom. The van der Waals surface area contributed by atoms with E-state index in [0.29, 0.717) is 0 Å².